The second-order valence-electron chi connectivity index (χ2n) is 5.13. The van der Waals surface area contributed by atoms with Crippen LogP contribution in [-0.2, 0) is 10.2 Å². The molecule has 0 aromatic heterocycles. The van der Waals surface area contributed by atoms with Gasteiger partial charge in [0.05, 0.1) is 12.8 Å². The normalized spacial score (nSPS) is 12.2. The Hall–Kier alpha value is -1.84. The van der Waals surface area contributed by atoms with Gasteiger partial charge in [-0.2, -0.15) is 5.10 Å². The van der Waals surface area contributed by atoms with Crippen molar-refractivity contribution in [2.75, 3.05) is 7.11 Å². The van der Waals surface area contributed by atoms with Gasteiger partial charge in [-0.15, -0.1) is 0 Å². The lowest BCUT2D eigenvalue weighted by Crippen LogP contribution is -2.18. The Labute approximate surface area is 108 Å². The van der Waals surface area contributed by atoms with E-state index >= 15 is 0 Å². The lowest BCUT2D eigenvalue weighted by molar-refractivity contribution is 0.171. The number of rotatable bonds is 2. The maximum Gasteiger partial charge on any atom is 0.427 e. The minimum Gasteiger partial charge on any atom is -0.452 e. The lowest BCUT2D eigenvalue weighted by Gasteiger charge is -2.19. The number of ether oxygens (including phenoxy) is 1. The lowest BCUT2D eigenvalue weighted by atomic mass is 9.86. The summed E-state index contributed by atoms with van der Waals surface area (Å²) in [5.74, 6) is 0. The van der Waals surface area contributed by atoms with E-state index in [-0.39, 0.29) is 5.41 Å². The number of amides is 1. The fourth-order valence-corrected chi connectivity index (χ4v) is 1.45. The summed E-state index contributed by atoms with van der Waals surface area (Å²) in [4.78, 5) is 10.9. The van der Waals surface area contributed by atoms with E-state index < -0.39 is 6.09 Å². The smallest absolute Gasteiger partial charge is 0.427 e. The standard InChI is InChI=1S/C14H20N2O2/c1-10(15-16-13(17)18-5)11-6-8-12(9-7-11)14(2,3)4/h6-9H,1-5H3,(H,16,17)/b15-10-. The first kappa shape index (κ1) is 14.2. The van der Waals surface area contributed by atoms with Crippen molar-refractivity contribution in [1.82, 2.24) is 5.43 Å². The molecule has 1 rings (SSSR count). The molecule has 1 N–H and O–H groups in total. The second-order valence-corrected chi connectivity index (χ2v) is 5.13. The predicted octanol–water partition coefficient (Wildman–Crippen LogP) is 3.06. The summed E-state index contributed by atoms with van der Waals surface area (Å²) >= 11 is 0. The fraction of sp³-hybridized carbons (Fsp3) is 0.429. The summed E-state index contributed by atoms with van der Waals surface area (Å²) in [5.41, 5.74) is 5.41. The van der Waals surface area contributed by atoms with Gasteiger partial charge in [0.2, 0.25) is 0 Å². The molecule has 4 heteroatoms. The molecule has 0 atom stereocenters. The number of hydrogen-bond acceptors (Lipinski definition) is 3. The predicted molar refractivity (Wildman–Crippen MR) is 72.9 cm³/mol. The molecular formula is C14H20N2O2. The van der Waals surface area contributed by atoms with Crippen molar-refractivity contribution in [3.63, 3.8) is 0 Å². The van der Waals surface area contributed by atoms with Crippen LogP contribution in [0.15, 0.2) is 29.4 Å². The first-order chi connectivity index (χ1) is 8.34. The quantitative estimate of drug-likeness (QED) is 0.646. The van der Waals surface area contributed by atoms with Crippen LogP contribution in [0.5, 0.6) is 0 Å². The molecule has 0 aliphatic heterocycles. The summed E-state index contributed by atoms with van der Waals surface area (Å²) in [7, 11) is 1.30. The summed E-state index contributed by atoms with van der Waals surface area (Å²) in [5, 5.41) is 3.95. The molecule has 0 bridgehead atoms. The molecule has 1 aromatic carbocycles. The SMILES string of the molecule is COC(=O)N/N=C(/C)c1ccc(C(C)(C)C)cc1. The highest BCUT2D eigenvalue weighted by Gasteiger charge is 2.13. The number of methoxy groups -OCH3 is 1. The number of carbonyl (C=O) groups excluding carboxylic acids is 1. The zero-order valence-corrected chi connectivity index (χ0v) is 11.6. The maximum absolute atomic E-state index is 10.9. The van der Waals surface area contributed by atoms with Crippen molar-refractivity contribution in [2.45, 2.75) is 33.1 Å². The third-order valence-corrected chi connectivity index (χ3v) is 2.67. The van der Waals surface area contributed by atoms with Crippen molar-refractivity contribution >= 4 is 11.8 Å². The van der Waals surface area contributed by atoms with Gasteiger partial charge in [-0.3, -0.25) is 0 Å². The molecule has 0 spiro atoms. The van der Waals surface area contributed by atoms with Crippen LogP contribution in [0.4, 0.5) is 4.79 Å². The molecule has 0 aliphatic carbocycles. The summed E-state index contributed by atoms with van der Waals surface area (Å²) in [6, 6.07) is 8.15. The summed E-state index contributed by atoms with van der Waals surface area (Å²) in [6.07, 6.45) is -0.569. The number of nitrogens with zero attached hydrogens (tertiary/aromatic N) is 1. The van der Waals surface area contributed by atoms with Crippen LogP contribution in [0, 0.1) is 0 Å². The molecule has 0 saturated carbocycles. The maximum atomic E-state index is 10.9. The third kappa shape index (κ3) is 3.87. The van der Waals surface area contributed by atoms with Crippen LogP contribution in [0.2, 0.25) is 0 Å². The first-order valence-electron chi connectivity index (χ1n) is 5.84. The summed E-state index contributed by atoms with van der Waals surface area (Å²) in [6.45, 7) is 8.34. The van der Waals surface area contributed by atoms with E-state index in [1.165, 1.54) is 12.7 Å². The first-order valence-corrected chi connectivity index (χ1v) is 5.84. The van der Waals surface area contributed by atoms with Crippen molar-refractivity contribution in [3.8, 4) is 0 Å². The number of benzene rings is 1. The minimum absolute atomic E-state index is 0.133. The summed E-state index contributed by atoms with van der Waals surface area (Å²) < 4.78 is 4.44. The van der Waals surface area contributed by atoms with Gasteiger partial charge in [-0.05, 0) is 23.5 Å². The average Bonchev–Trinajstić information content (AvgIpc) is 2.34. The van der Waals surface area contributed by atoms with Gasteiger partial charge in [0.15, 0.2) is 0 Å². The highest BCUT2D eigenvalue weighted by Crippen LogP contribution is 2.22. The van der Waals surface area contributed by atoms with E-state index in [1.807, 2.05) is 19.1 Å². The molecule has 98 valence electrons. The molecule has 4 nitrogen and oxygen atoms in total. The number of hydrogen-bond donors (Lipinski definition) is 1. The Morgan fingerprint density at radius 2 is 1.78 bits per heavy atom. The second kappa shape index (κ2) is 5.67. The molecule has 18 heavy (non-hydrogen) atoms. The van der Waals surface area contributed by atoms with E-state index in [0.29, 0.717) is 0 Å². The monoisotopic (exact) mass is 248 g/mol. The van der Waals surface area contributed by atoms with Crippen molar-refractivity contribution in [1.29, 1.82) is 0 Å². The van der Waals surface area contributed by atoms with E-state index in [0.717, 1.165) is 11.3 Å². The Morgan fingerprint density at radius 1 is 1.22 bits per heavy atom. The van der Waals surface area contributed by atoms with Crippen LogP contribution >= 0.6 is 0 Å². The van der Waals surface area contributed by atoms with Gasteiger partial charge in [0, 0.05) is 0 Å². The van der Waals surface area contributed by atoms with Crippen LogP contribution in [0.3, 0.4) is 0 Å². The van der Waals surface area contributed by atoms with Gasteiger partial charge in [0.1, 0.15) is 0 Å². The van der Waals surface area contributed by atoms with Gasteiger partial charge in [0.25, 0.3) is 0 Å². The van der Waals surface area contributed by atoms with E-state index in [2.05, 4.69) is 48.2 Å². The fourth-order valence-electron chi connectivity index (χ4n) is 1.45. The number of carbonyl (C=O) groups is 1. The van der Waals surface area contributed by atoms with Gasteiger partial charge in [-0.25, -0.2) is 10.2 Å². The molecular weight excluding hydrogens is 228 g/mol. The zero-order valence-electron chi connectivity index (χ0n) is 11.6. The number of nitrogens with one attached hydrogen (secondary N) is 1. The zero-order chi connectivity index (χ0) is 13.8. The van der Waals surface area contributed by atoms with E-state index in [4.69, 9.17) is 0 Å². The van der Waals surface area contributed by atoms with Gasteiger partial charge < -0.3 is 4.74 Å². The van der Waals surface area contributed by atoms with E-state index in [9.17, 15) is 4.79 Å². The van der Waals surface area contributed by atoms with Crippen molar-refractivity contribution < 1.29 is 9.53 Å². The Kier molecular flexibility index (Phi) is 4.48. The van der Waals surface area contributed by atoms with Gasteiger partial charge >= 0.3 is 6.09 Å². The molecule has 0 fully saturated rings. The van der Waals surface area contributed by atoms with Crippen LogP contribution < -0.4 is 5.43 Å². The van der Waals surface area contributed by atoms with Crippen LogP contribution in [-0.4, -0.2) is 18.9 Å². The topological polar surface area (TPSA) is 50.7 Å². The largest absolute Gasteiger partial charge is 0.452 e. The van der Waals surface area contributed by atoms with Crippen LogP contribution in [0.1, 0.15) is 38.8 Å². The van der Waals surface area contributed by atoms with E-state index in [1.54, 1.807) is 0 Å². The Bertz CT molecular complexity index is 442. The average molecular weight is 248 g/mol. The molecule has 1 amide bonds. The molecule has 0 saturated heterocycles. The van der Waals surface area contributed by atoms with Crippen LogP contribution in [0.25, 0.3) is 0 Å². The molecule has 0 heterocycles. The molecule has 1 aromatic rings. The molecule has 0 aliphatic rings. The van der Waals surface area contributed by atoms with Crippen molar-refractivity contribution in [2.24, 2.45) is 5.10 Å². The Balaban J connectivity index is 2.82. The minimum atomic E-state index is -0.569. The highest BCUT2D eigenvalue weighted by atomic mass is 16.5. The van der Waals surface area contributed by atoms with Crippen molar-refractivity contribution in [3.05, 3.63) is 35.4 Å². The molecule has 0 radical (unpaired) electrons. The number of hydrazone groups is 1. The van der Waals surface area contributed by atoms with Gasteiger partial charge in [-0.1, -0.05) is 45.0 Å². The highest BCUT2D eigenvalue weighted by molar-refractivity contribution is 5.99. The molecule has 0 unspecified atom stereocenters. The third-order valence-electron chi connectivity index (χ3n) is 2.67. The Morgan fingerprint density at radius 3 is 2.22 bits per heavy atom.